The van der Waals surface area contributed by atoms with Crippen LogP contribution in [-0.4, -0.2) is 0 Å². The van der Waals surface area contributed by atoms with Crippen LogP contribution in [0.15, 0.2) is 73.4 Å². The molecule has 0 radical (unpaired) electrons. The predicted octanol–water partition coefficient (Wildman–Crippen LogP) is 1.63. The van der Waals surface area contributed by atoms with E-state index in [2.05, 4.69) is 82.3 Å². The summed E-state index contributed by atoms with van der Waals surface area (Å²) in [6.45, 7) is 0. The summed E-state index contributed by atoms with van der Waals surface area (Å²) in [5, 5.41) is 0. The minimum absolute atomic E-state index is 1.11. The van der Waals surface area contributed by atoms with Crippen LogP contribution in [0.4, 0.5) is 17.2 Å². The van der Waals surface area contributed by atoms with Gasteiger partial charge < -0.3 is 0 Å². The fraction of sp³-hybridized carbons (Fsp3) is 0.167. The minimum Gasteiger partial charge on any atom is -0.237 e. The fourth-order valence-electron chi connectivity index (χ4n) is 2.51. The lowest BCUT2D eigenvalue weighted by Crippen LogP contribution is -2.36. The normalized spacial score (nSPS) is 10.5. The molecule has 0 N–H and O–H groups in total. The largest absolute Gasteiger partial charge is 0.286 e. The molecule has 0 fully saturated rings. The Labute approximate surface area is 131 Å². The van der Waals surface area contributed by atoms with Crippen LogP contribution in [0.1, 0.15) is 0 Å². The molecule has 3 heterocycles. The zero-order valence-corrected chi connectivity index (χ0v) is 13.2. The Balaban J connectivity index is 2.18. The maximum atomic E-state index is 2.25. The topological polar surface area (TPSA) is 14.9 Å². The van der Waals surface area contributed by atoms with Gasteiger partial charge in [-0.2, -0.15) is 4.90 Å². The second-order valence-electron chi connectivity index (χ2n) is 5.45. The molecule has 0 saturated heterocycles. The highest BCUT2D eigenvalue weighted by atomic mass is 15.2. The van der Waals surface area contributed by atoms with E-state index in [0.717, 1.165) is 17.2 Å². The van der Waals surface area contributed by atoms with Gasteiger partial charge in [0.1, 0.15) is 19.8 Å². The molecule has 0 amide bonds. The van der Waals surface area contributed by atoms with Crippen molar-refractivity contribution < 1.29 is 13.7 Å². The average molecular weight is 293 g/mol. The summed E-state index contributed by atoms with van der Waals surface area (Å²) in [4.78, 5) is 2.25. The van der Waals surface area contributed by atoms with Crippen LogP contribution in [0.25, 0.3) is 0 Å². The van der Waals surface area contributed by atoms with Crippen LogP contribution in [-0.2, 0) is 21.1 Å². The first kappa shape index (κ1) is 14.2. The van der Waals surface area contributed by atoms with E-state index in [1.54, 1.807) is 0 Å². The van der Waals surface area contributed by atoms with Gasteiger partial charge in [0.05, 0.1) is 13.2 Å². The monoisotopic (exact) mass is 293 g/mol. The Hall–Kier alpha value is -2.75. The van der Waals surface area contributed by atoms with Crippen LogP contribution in [0.2, 0.25) is 0 Å². The number of nitrogens with zero attached hydrogens (tertiary/aromatic N) is 4. The standard InChI is InChI=1S/C18H21N4/c1-19-13-9-16(10-14-19)22(17-7-6-11-20(2)15-17)18-8-4-5-12-21(18)3/h4-15H,1-3H3/q+3. The van der Waals surface area contributed by atoms with Crippen molar-refractivity contribution in [1.82, 2.24) is 0 Å². The van der Waals surface area contributed by atoms with E-state index < -0.39 is 0 Å². The molecule has 0 aliphatic rings. The average Bonchev–Trinajstić information content (AvgIpc) is 2.51. The third-order valence-corrected chi connectivity index (χ3v) is 3.66. The van der Waals surface area contributed by atoms with Gasteiger partial charge in [0, 0.05) is 24.3 Å². The highest BCUT2D eigenvalue weighted by Gasteiger charge is 2.25. The van der Waals surface area contributed by atoms with Gasteiger partial charge in [0.2, 0.25) is 6.20 Å². The summed E-state index contributed by atoms with van der Waals surface area (Å²) in [6.07, 6.45) is 10.4. The second kappa shape index (κ2) is 5.93. The van der Waals surface area contributed by atoms with Crippen LogP contribution < -0.4 is 18.6 Å². The molecule has 3 rings (SSSR count). The summed E-state index contributed by atoms with van der Waals surface area (Å²) >= 11 is 0. The highest BCUT2D eigenvalue weighted by molar-refractivity contribution is 5.71. The zero-order valence-electron chi connectivity index (χ0n) is 13.2. The van der Waals surface area contributed by atoms with E-state index in [-0.39, 0.29) is 0 Å². The first-order valence-electron chi connectivity index (χ1n) is 7.30. The second-order valence-corrected chi connectivity index (χ2v) is 5.45. The lowest BCUT2D eigenvalue weighted by molar-refractivity contribution is -0.671. The highest BCUT2D eigenvalue weighted by Crippen LogP contribution is 2.30. The summed E-state index contributed by atoms with van der Waals surface area (Å²) in [7, 11) is 6.13. The molecule has 0 aliphatic carbocycles. The molecule has 0 aliphatic heterocycles. The molecule has 0 bridgehead atoms. The van der Waals surface area contributed by atoms with E-state index in [1.807, 2.05) is 30.9 Å². The Morgan fingerprint density at radius 1 is 0.682 bits per heavy atom. The molecule has 22 heavy (non-hydrogen) atoms. The van der Waals surface area contributed by atoms with Crippen molar-refractivity contribution in [2.75, 3.05) is 4.90 Å². The van der Waals surface area contributed by atoms with E-state index in [9.17, 15) is 0 Å². The summed E-state index contributed by atoms with van der Waals surface area (Å²) < 4.78 is 6.23. The van der Waals surface area contributed by atoms with Crippen LogP contribution in [0.3, 0.4) is 0 Å². The third kappa shape index (κ3) is 2.81. The first-order valence-corrected chi connectivity index (χ1v) is 7.30. The van der Waals surface area contributed by atoms with E-state index >= 15 is 0 Å². The number of aromatic nitrogens is 3. The zero-order chi connectivity index (χ0) is 15.5. The quantitative estimate of drug-likeness (QED) is 0.670. The molecule has 0 aromatic carbocycles. The number of hydrogen-bond acceptors (Lipinski definition) is 1. The molecule has 3 aromatic rings. The van der Waals surface area contributed by atoms with E-state index in [4.69, 9.17) is 0 Å². The van der Waals surface area contributed by atoms with Gasteiger partial charge in [-0.15, -0.1) is 0 Å². The number of rotatable bonds is 3. The van der Waals surface area contributed by atoms with Crippen molar-refractivity contribution in [2.45, 2.75) is 0 Å². The minimum atomic E-state index is 1.11. The van der Waals surface area contributed by atoms with E-state index in [1.165, 1.54) is 0 Å². The van der Waals surface area contributed by atoms with Gasteiger partial charge in [-0.25, -0.2) is 13.7 Å². The smallest absolute Gasteiger partial charge is 0.237 e. The lowest BCUT2D eigenvalue weighted by atomic mass is 10.2. The summed E-state index contributed by atoms with van der Waals surface area (Å²) in [5.41, 5.74) is 2.26. The molecule has 0 atom stereocenters. The van der Waals surface area contributed by atoms with Crippen LogP contribution >= 0.6 is 0 Å². The molecule has 0 saturated carbocycles. The molecule has 110 valence electrons. The number of hydrogen-bond donors (Lipinski definition) is 0. The number of aryl methyl sites for hydroxylation is 3. The lowest BCUT2D eigenvalue weighted by Gasteiger charge is -2.16. The molecule has 0 unspecified atom stereocenters. The molecule has 4 heteroatoms. The van der Waals surface area contributed by atoms with Gasteiger partial charge in [-0.1, -0.05) is 6.07 Å². The van der Waals surface area contributed by atoms with Crippen molar-refractivity contribution in [3.8, 4) is 0 Å². The van der Waals surface area contributed by atoms with Gasteiger partial charge in [0.15, 0.2) is 24.3 Å². The Morgan fingerprint density at radius 2 is 1.45 bits per heavy atom. The van der Waals surface area contributed by atoms with Crippen molar-refractivity contribution in [2.24, 2.45) is 21.1 Å². The predicted molar refractivity (Wildman–Crippen MR) is 84.7 cm³/mol. The van der Waals surface area contributed by atoms with E-state index in [0.29, 0.717) is 0 Å². The maximum Gasteiger partial charge on any atom is 0.286 e. The molecule has 0 spiro atoms. The van der Waals surface area contributed by atoms with Crippen molar-refractivity contribution in [3.05, 3.63) is 73.4 Å². The maximum absolute atomic E-state index is 2.25. The van der Waals surface area contributed by atoms with Gasteiger partial charge in [0.25, 0.3) is 5.82 Å². The molecule has 4 nitrogen and oxygen atoms in total. The molecular formula is C18H21N4+3. The van der Waals surface area contributed by atoms with Crippen molar-refractivity contribution >= 4 is 17.2 Å². The van der Waals surface area contributed by atoms with Gasteiger partial charge >= 0.3 is 0 Å². The fourth-order valence-corrected chi connectivity index (χ4v) is 2.51. The Bertz CT molecular complexity index is 781. The summed E-state index contributed by atoms with van der Waals surface area (Å²) in [5.74, 6) is 1.11. The molecule has 3 aromatic heterocycles. The van der Waals surface area contributed by atoms with Gasteiger partial charge in [-0.3, -0.25) is 0 Å². The van der Waals surface area contributed by atoms with Crippen LogP contribution in [0.5, 0.6) is 0 Å². The molecular weight excluding hydrogens is 272 g/mol. The van der Waals surface area contributed by atoms with Crippen LogP contribution in [0, 0.1) is 0 Å². The SMILES string of the molecule is C[n+]1ccc(N(c2ccc[n+](C)c2)c2cccc[n+]2C)cc1. The summed E-state index contributed by atoms with van der Waals surface area (Å²) in [6, 6.07) is 14.7. The Kier molecular flexibility index (Phi) is 3.83. The first-order chi connectivity index (χ1) is 10.6. The third-order valence-electron chi connectivity index (χ3n) is 3.66. The number of anilines is 3. The van der Waals surface area contributed by atoms with Crippen molar-refractivity contribution in [3.63, 3.8) is 0 Å². The van der Waals surface area contributed by atoms with Gasteiger partial charge in [-0.05, 0) is 12.1 Å². The Morgan fingerprint density at radius 3 is 2.14 bits per heavy atom. The number of pyridine rings is 3. The van der Waals surface area contributed by atoms with Crippen molar-refractivity contribution in [1.29, 1.82) is 0 Å².